The molecule has 5 nitrogen and oxygen atoms in total. The van der Waals surface area contributed by atoms with E-state index in [0.717, 1.165) is 18.7 Å². The van der Waals surface area contributed by atoms with E-state index in [-0.39, 0.29) is 17.9 Å². The molecule has 2 heterocycles. The van der Waals surface area contributed by atoms with E-state index in [0.29, 0.717) is 17.7 Å². The van der Waals surface area contributed by atoms with Gasteiger partial charge in [-0.05, 0) is 32.4 Å². The van der Waals surface area contributed by atoms with E-state index >= 15 is 0 Å². The van der Waals surface area contributed by atoms with Crippen LogP contribution >= 0.6 is 11.3 Å². The Hall–Kier alpha value is -2.05. The number of amides is 2. The molecule has 2 aromatic rings. The van der Waals surface area contributed by atoms with Crippen molar-refractivity contribution in [3.05, 3.63) is 51.5 Å². The number of imide groups is 1. The SMILES string of the molecule is Cc1ncsc1CN[C@H](C)CCN1C(=O)c2ccccc2C1=O. The van der Waals surface area contributed by atoms with Crippen LogP contribution in [0.4, 0.5) is 0 Å². The summed E-state index contributed by atoms with van der Waals surface area (Å²) in [5.41, 5.74) is 3.92. The molecule has 0 saturated carbocycles. The van der Waals surface area contributed by atoms with Crippen molar-refractivity contribution < 1.29 is 9.59 Å². The minimum absolute atomic E-state index is 0.184. The highest BCUT2D eigenvalue weighted by atomic mass is 32.1. The minimum Gasteiger partial charge on any atom is -0.309 e. The van der Waals surface area contributed by atoms with Crippen molar-refractivity contribution >= 4 is 23.2 Å². The van der Waals surface area contributed by atoms with E-state index < -0.39 is 0 Å². The summed E-state index contributed by atoms with van der Waals surface area (Å²) >= 11 is 1.64. The molecule has 1 aliphatic rings. The summed E-state index contributed by atoms with van der Waals surface area (Å²) in [5, 5.41) is 3.42. The summed E-state index contributed by atoms with van der Waals surface area (Å²) in [6, 6.07) is 7.21. The molecule has 1 aromatic heterocycles. The van der Waals surface area contributed by atoms with Crippen LogP contribution in [0, 0.1) is 6.92 Å². The normalized spacial score (nSPS) is 15.1. The second kappa shape index (κ2) is 6.60. The van der Waals surface area contributed by atoms with Crippen LogP contribution in [-0.2, 0) is 6.54 Å². The maximum absolute atomic E-state index is 12.3. The van der Waals surface area contributed by atoms with E-state index in [1.807, 2.05) is 12.4 Å². The number of nitrogens with one attached hydrogen (secondary N) is 1. The van der Waals surface area contributed by atoms with Gasteiger partial charge < -0.3 is 5.32 Å². The van der Waals surface area contributed by atoms with Gasteiger partial charge in [0.2, 0.25) is 0 Å². The monoisotopic (exact) mass is 329 g/mol. The highest BCUT2D eigenvalue weighted by molar-refractivity contribution is 7.09. The number of aryl methyl sites for hydroxylation is 1. The number of hydrogen-bond acceptors (Lipinski definition) is 5. The molecule has 1 aliphatic heterocycles. The van der Waals surface area contributed by atoms with Crippen LogP contribution in [0.2, 0.25) is 0 Å². The number of aromatic nitrogens is 1. The van der Waals surface area contributed by atoms with Crippen LogP contribution in [-0.4, -0.2) is 34.3 Å². The Labute approximate surface area is 139 Å². The molecule has 0 bridgehead atoms. The predicted octanol–water partition coefficient (Wildman–Crippen LogP) is 2.62. The molecule has 6 heteroatoms. The van der Waals surface area contributed by atoms with Crippen LogP contribution in [0.3, 0.4) is 0 Å². The lowest BCUT2D eigenvalue weighted by molar-refractivity contribution is 0.0649. The molecule has 0 aliphatic carbocycles. The Morgan fingerprint density at radius 1 is 1.22 bits per heavy atom. The van der Waals surface area contributed by atoms with Crippen LogP contribution in [0.25, 0.3) is 0 Å². The van der Waals surface area contributed by atoms with Gasteiger partial charge in [-0.3, -0.25) is 14.5 Å². The number of carbonyl (C=O) groups excluding carboxylic acids is 2. The quantitative estimate of drug-likeness (QED) is 0.828. The van der Waals surface area contributed by atoms with Crippen molar-refractivity contribution in [2.45, 2.75) is 32.9 Å². The Bertz CT molecular complexity index is 706. The zero-order valence-electron chi connectivity index (χ0n) is 13.2. The molecule has 0 spiro atoms. The maximum Gasteiger partial charge on any atom is 0.261 e. The van der Waals surface area contributed by atoms with Crippen molar-refractivity contribution in [3.8, 4) is 0 Å². The van der Waals surface area contributed by atoms with Crippen molar-refractivity contribution in [1.29, 1.82) is 0 Å². The first-order valence-electron chi connectivity index (χ1n) is 7.65. The largest absolute Gasteiger partial charge is 0.309 e. The average molecular weight is 329 g/mol. The molecular weight excluding hydrogens is 310 g/mol. The van der Waals surface area contributed by atoms with E-state index in [9.17, 15) is 9.59 Å². The molecular formula is C17H19N3O2S. The highest BCUT2D eigenvalue weighted by Crippen LogP contribution is 2.22. The summed E-state index contributed by atoms with van der Waals surface area (Å²) < 4.78 is 0. The van der Waals surface area contributed by atoms with E-state index in [2.05, 4.69) is 17.2 Å². The van der Waals surface area contributed by atoms with Crippen LogP contribution < -0.4 is 5.32 Å². The van der Waals surface area contributed by atoms with Crippen molar-refractivity contribution in [3.63, 3.8) is 0 Å². The van der Waals surface area contributed by atoms with Gasteiger partial charge in [0.25, 0.3) is 11.8 Å². The molecule has 2 amide bonds. The summed E-state index contributed by atoms with van der Waals surface area (Å²) in [5.74, 6) is -0.368. The molecule has 120 valence electrons. The van der Waals surface area contributed by atoms with Crippen LogP contribution in [0.5, 0.6) is 0 Å². The van der Waals surface area contributed by atoms with Crippen LogP contribution in [0.15, 0.2) is 29.8 Å². The van der Waals surface area contributed by atoms with Crippen LogP contribution in [0.1, 0.15) is 44.6 Å². The zero-order chi connectivity index (χ0) is 16.4. The van der Waals surface area contributed by atoms with E-state index in [1.165, 1.54) is 9.78 Å². The first kappa shape index (κ1) is 15.8. The Morgan fingerprint density at radius 3 is 2.43 bits per heavy atom. The lowest BCUT2D eigenvalue weighted by Crippen LogP contribution is -2.35. The smallest absolute Gasteiger partial charge is 0.261 e. The number of benzene rings is 1. The first-order chi connectivity index (χ1) is 11.1. The third-order valence-electron chi connectivity index (χ3n) is 4.12. The minimum atomic E-state index is -0.184. The molecule has 1 N–H and O–H groups in total. The number of nitrogens with zero attached hydrogens (tertiary/aromatic N) is 2. The van der Waals surface area contributed by atoms with E-state index in [1.54, 1.807) is 35.6 Å². The summed E-state index contributed by atoms with van der Waals surface area (Å²) in [7, 11) is 0. The second-order valence-electron chi connectivity index (χ2n) is 5.74. The Morgan fingerprint density at radius 2 is 1.87 bits per heavy atom. The number of fused-ring (bicyclic) bond motifs is 1. The third-order valence-corrected chi connectivity index (χ3v) is 5.05. The molecule has 3 rings (SSSR count). The van der Waals surface area contributed by atoms with Gasteiger partial charge in [-0.1, -0.05) is 12.1 Å². The Balaban J connectivity index is 1.54. The lowest BCUT2D eigenvalue weighted by atomic mass is 10.1. The molecule has 23 heavy (non-hydrogen) atoms. The molecule has 0 unspecified atom stereocenters. The first-order valence-corrected chi connectivity index (χ1v) is 8.53. The van der Waals surface area contributed by atoms with E-state index in [4.69, 9.17) is 0 Å². The molecule has 0 radical (unpaired) electrons. The van der Waals surface area contributed by atoms with Gasteiger partial charge in [0.1, 0.15) is 0 Å². The fraction of sp³-hybridized carbons (Fsp3) is 0.353. The number of rotatable bonds is 6. The van der Waals surface area contributed by atoms with Gasteiger partial charge in [-0.15, -0.1) is 11.3 Å². The average Bonchev–Trinajstić information content (AvgIpc) is 3.07. The topological polar surface area (TPSA) is 62.3 Å². The highest BCUT2D eigenvalue weighted by Gasteiger charge is 2.34. The predicted molar refractivity (Wildman–Crippen MR) is 89.6 cm³/mol. The summed E-state index contributed by atoms with van der Waals surface area (Å²) in [6.45, 7) is 5.26. The second-order valence-corrected chi connectivity index (χ2v) is 6.68. The zero-order valence-corrected chi connectivity index (χ0v) is 14.0. The number of thiazole rings is 1. The van der Waals surface area contributed by atoms with Crippen molar-refractivity contribution in [2.75, 3.05) is 6.54 Å². The van der Waals surface area contributed by atoms with Crippen molar-refractivity contribution in [1.82, 2.24) is 15.2 Å². The number of carbonyl (C=O) groups is 2. The fourth-order valence-electron chi connectivity index (χ4n) is 2.63. The maximum atomic E-state index is 12.3. The molecule has 1 aromatic carbocycles. The molecule has 0 fully saturated rings. The summed E-state index contributed by atoms with van der Waals surface area (Å²) in [4.78, 5) is 31.4. The molecule has 0 saturated heterocycles. The van der Waals surface area contributed by atoms with Gasteiger partial charge in [-0.25, -0.2) is 4.98 Å². The lowest BCUT2D eigenvalue weighted by Gasteiger charge is -2.18. The van der Waals surface area contributed by atoms with Crippen molar-refractivity contribution in [2.24, 2.45) is 0 Å². The fourth-order valence-corrected chi connectivity index (χ4v) is 3.36. The van der Waals surface area contributed by atoms with Gasteiger partial charge in [0, 0.05) is 24.0 Å². The third kappa shape index (κ3) is 3.18. The van der Waals surface area contributed by atoms with Gasteiger partial charge in [0.05, 0.1) is 22.3 Å². The van der Waals surface area contributed by atoms with Gasteiger partial charge in [0.15, 0.2) is 0 Å². The number of hydrogen-bond donors (Lipinski definition) is 1. The molecule has 1 atom stereocenters. The standard InChI is InChI=1S/C17H19N3O2S/c1-11(18-9-15-12(2)19-10-23-15)7-8-20-16(21)13-5-3-4-6-14(13)17(20)22/h3-6,10-11,18H,7-9H2,1-2H3/t11-/m1/s1. The summed E-state index contributed by atoms with van der Waals surface area (Å²) in [6.07, 6.45) is 0.726. The Kier molecular flexibility index (Phi) is 4.54. The van der Waals surface area contributed by atoms with Gasteiger partial charge in [-0.2, -0.15) is 0 Å². The van der Waals surface area contributed by atoms with Gasteiger partial charge >= 0.3 is 0 Å².